The minimum Gasteiger partial charge on any atom is -0.352 e. The van der Waals surface area contributed by atoms with Gasteiger partial charge in [-0.05, 0) is 49.9 Å². The third kappa shape index (κ3) is 4.87. The van der Waals surface area contributed by atoms with E-state index in [2.05, 4.69) is 21.2 Å². The molecule has 0 saturated heterocycles. The van der Waals surface area contributed by atoms with Crippen LogP contribution in [-0.4, -0.2) is 37.3 Å². The smallest absolute Gasteiger partial charge is 0.243 e. The molecule has 0 aliphatic heterocycles. The Bertz CT molecular complexity index is 709. The molecule has 144 valence electrons. The first-order chi connectivity index (χ1) is 12.5. The van der Waals surface area contributed by atoms with Gasteiger partial charge in [-0.25, -0.2) is 8.42 Å². The molecule has 1 aromatic rings. The van der Waals surface area contributed by atoms with E-state index in [0.717, 1.165) is 62.3 Å². The van der Waals surface area contributed by atoms with Crippen molar-refractivity contribution in [1.29, 1.82) is 0 Å². The number of halogens is 1. The summed E-state index contributed by atoms with van der Waals surface area (Å²) in [5, 5.41) is 3.03. The van der Waals surface area contributed by atoms with Gasteiger partial charge in [-0.15, -0.1) is 0 Å². The van der Waals surface area contributed by atoms with E-state index in [9.17, 15) is 13.2 Å². The van der Waals surface area contributed by atoms with E-state index < -0.39 is 10.0 Å². The molecule has 0 unspecified atom stereocenters. The second kappa shape index (κ2) is 8.85. The second-order valence-corrected chi connectivity index (χ2v) is 10.2. The number of nitrogens with zero attached hydrogens (tertiary/aromatic N) is 1. The lowest BCUT2D eigenvalue weighted by molar-refractivity contribution is -0.122. The zero-order valence-corrected chi connectivity index (χ0v) is 17.4. The Balaban J connectivity index is 1.79. The van der Waals surface area contributed by atoms with Crippen LogP contribution in [0.4, 0.5) is 0 Å². The highest BCUT2D eigenvalue weighted by molar-refractivity contribution is 9.10. The molecule has 0 spiro atoms. The molecule has 0 heterocycles. The summed E-state index contributed by atoms with van der Waals surface area (Å²) >= 11 is 3.34. The molecule has 7 heteroatoms. The Labute approximate surface area is 164 Å². The molecule has 2 saturated carbocycles. The highest BCUT2D eigenvalue weighted by atomic mass is 79.9. The van der Waals surface area contributed by atoms with Crippen molar-refractivity contribution in [2.24, 2.45) is 0 Å². The summed E-state index contributed by atoms with van der Waals surface area (Å²) in [4.78, 5) is 12.8. The molecule has 0 atom stereocenters. The summed E-state index contributed by atoms with van der Waals surface area (Å²) < 4.78 is 28.8. The van der Waals surface area contributed by atoms with Gasteiger partial charge in [-0.2, -0.15) is 4.31 Å². The Kier molecular flexibility index (Phi) is 6.75. The average molecular weight is 443 g/mol. The van der Waals surface area contributed by atoms with Gasteiger partial charge in [0.15, 0.2) is 0 Å². The van der Waals surface area contributed by atoms with Gasteiger partial charge in [0.1, 0.15) is 0 Å². The van der Waals surface area contributed by atoms with Crippen molar-refractivity contribution < 1.29 is 13.2 Å². The van der Waals surface area contributed by atoms with Gasteiger partial charge in [0.2, 0.25) is 15.9 Å². The third-order valence-electron chi connectivity index (χ3n) is 5.42. The van der Waals surface area contributed by atoms with Gasteiger partial charge in [0.25, 0.3) is 0 Å². The number of hydrogen-bond donors (Lipinski definition) is 1. The minimum atomic E-state index is -3.69. The van der Waals surface area contributed by atoms with Crippen molar-refractivity contribution in [3.8, 4) is 0 Å². The number of amides is 1. The Morgan fingerprint density at radius 1 is 1.00 bits per heavy atom. The van der Waals surface area contributed by atoms with E-state index in [0.29, 0.717) is 0 Å². The van der Waals surface area contributed by atoms with E-state index >= 15 is 0 Å². The standard InChI is InChI=1S/C19H27BrN2O3S/c20-15-10-12-18(13-11-15)26(24,25)22(17-8-2-1-3-9-17)14-19(23)21-16-6-4-5-7-16/h10-13,16-17H,1-9,14H2,(H,21,23). The summed E-state index contributed by atoms with van der Waals surface area (Å²) in [5.41, 5.74) is 0. The van der Waals surface area contributed by atoms with Gasteiger partial charge in [0, 0.05) is 16.6 Å². The predicted molar refractivity (Wildman–Crippen MR) is 105 cm³/mol. The van der Waals surface area contributed by atoms with Crippen LogP contribution in [0, 0.1) is 0 Å². The molecule has 0 bridgehead atoms. The van der Waals surface area contributed by atoms with Crippen molar-refractivity contribution in [2.75, 3.05) is 6.54 Å². The number of hydrogen-bond acceptors (Lipinski definition) is 3. The number of rotatable bonds is 6. The highest BCUT2D eigenvalue weighted by Crippen LogP contribution is 2.28. The van der Waals surface area contributed by atoms with Gasteiger partial charge >= 0.3 is 0 Å². The largest absolute Gasteiger partial charge is 0.352 e. The molecule has 1 amide bonds. The zero-order valence-electron chi connectivity index (χ0n) is 15.0. The highest BCUT2D eigenvalue weighted by Gasteiger charge is 2.34. The van der Waals surface area contributed by atoms with E-state index in [1.807, 2.05) is 0 Å². The molecular weight excluding hydrogens is 416 g/mol. The fourth-order valence-corrected chi connectivity index (χ4v) is 5.91. The van der Waals surface area contributed by atoms with Gasteiger partial charge < -0.3 is 5.32 Å². The Morgan fingerprint density at radius 2 is 1.58 bits per heavy atom. The Hall–Kier alpha value is -0.920. The molecule has 0 aromatic heterocycles. The van der Waals surface area contributed by atoms with Crippen molar-refractivity contribution in [2.45, 2.75) is 74.8 Å². The van der Waals surface area contributed by atoms with Crippen molar-refractivity contribution in [3.63, 3.8) is 0 Å². The normalized spacial score (nSPS) is 19.8. The number of sulfonamides is 1. The SMILES string of the molecule is O=C(CN(C1CCCCC1)S(=O)(=O)c1ccc(Br)cc1)NC1CCCC1. The Morgan fingerprint density at radius 3 is 2.19 bits per heavy atom. The van der Waals surface area contributed by atoms with Crippen LogP contribution in [0.3, 0.4) is 0 Å². The zero-order chi connectivity index (χ0) is 18.6. The maximum absolute atomic E-state index is 13.2. The molecule has 2 aliphatic carbocycles. The summed E-state index contributed by atoms with van der Waals surface area (Å²) in [6.07, 6.45) is 9.07. The first-order valence-corrected chi connectivity index (χ1v) is 11.8. The van der Waals surface area contributed by atoms with Crippen LogP contribution in [0.15, 0.2) is 33.6 Å². The van der Waals surface area contributed by atoms with Crippen molar-refractivity contribution in [3.05, 3.63) is 28.7 Å². The molecule has 5 nitrogen and oxygen atoms in total. The fourth-order valence-electron chi connectivity index (χ4n) is 4.01. The van der Waals surface area contributed by atoms with Gasteiger partial charge in [-0.3, -0.25) is 4.79 Å². The molecule has 2 fully saturated rings. The molecule has 1 aromatic carbocycles. The summed E-state index contributed by atoms with van der Waals surface area (Å²) in [6, 6.07) is 6.77. The maximum Gasteiger partial charge on any atom is 0.243 e. The average Bonchev–Trinajstić information content (AvgIpc) is 3.13. The van der Waals surface area contributed by atoms with Gasteiger partial charge in [0.05, 0.1) is 11.4 Å². The lowest BCUT2D eigenvalue weighted by Gasteiger charge is -2.33. The summed E-state index contributed by atoms with van der Waals surface area (Å²) in [5.74, 6) is -0.178. The topological polar surface area (TPSA) is 66.5 Å². The molecular formula is C19H27BrN2O3S. The maximum atomic E-state index is 13.2. The molecule has 3 rings (SSSR count). The van der Waals surface area contributed by atoms with E-state index in [-0.39, 0.29) is 29.4 Å². The lowest BCUT2D eigenvalue weighted by atomic mass is 9.95. The van der Waals surface area contributed by atoms with Crippen LogP contribution in [-0.2, 0) is 14.8 Å². The van der Waals surface area contributed by atoms with Crippen molar-refractivity contribution >= 4 is 31.9 Å². The first kappa shape index (κ1) is 19.8. The second-order valence-electron chi connectivity index (χ2n) is 7.34. The molecule has 26 heavy (non-hydrogen) atoms. The number of nitrogens with one attached hydrogen (secondary N) is 1. The lowest BCUT2D eigenvalue weighted by Crippen LogP contribution is -2.48. The summed E-state index contributed by atoms with van der Waals surface area (Å²) in [7, 11) is -3.69. The fraction of sp³-hybridized carbons (Fsp3) is 0.632. The van der Waals surface area contributed by atoms with Gasteiger partial charge in [-0.1, -0.05) is 48.0 Å². The molecule has 1 N–H and O–H groups in total. The van der Waals surface area contributed by atoms with E-state index in [1.54, 1.807) is 24.3 Å². The molecule has 0 radical (unpaired) electrons. The van der Waals surface area contributed by atoms with Crippen LogP contribution in [0.1, 0.15) is 57.8 Å². The quantitative estimate of drug-likeness (QED) is 0.727. The summed E-state index contributed by atoms with van der Waals surface area (Å²) in [6.45, 7) is -0.0838. The van der Waals surface area contributed by atoms with Crippen LogP contribution in [0.25, 0.3) is 0 Å². The van der Waals surface area contributed by atoms with Crippen LogP contribution < -0.4 is 5.32 Å². The number of carbonyl (C=O) groups is 1. The van der Waals surface area contributed by atoms with Crippen LogP contribution in [0.5, 0.6) is 0 Å². The third-order valence-corrected chi connectivity index (χ3v) is 7.86. The number of benzene rings is 1. The monoisotopic (exact) mass is 442 g/mol. The number of carbonyl (C=O) groups excluding carboxylic acids is 1. The van der Waals surface area contributed by atoms with Crippen LogP contribution in [0.2, 0.25) is 0 Å². The molecule has 2 aliphatic rings. The minimum absolute atomic E-state index is 0.0838. The van der Waals surface area contributed by atoms with E-state index in [1.165, 1.54) is 4.31 Å². The first-order valence-electron chi connectivity index (χ1n) is 9.53. The predicted octanol–water partition coefficient (Wildman–Crippen LogP) is 3.83. The van der Waals surface area contributed by atoms with Crippen LogP contribution >= 0.6 is 15.9 Å². The van der Waals surface area contributed by atoms with Crippen molar-refractivity contribution in [1.82, 2.24) is 9.62 Å². The van der Waals surface area contributed by atoms with E-state index in [4.69, 9.17) is 0 Å².